The van der Waals surface area contributed by atoms with Gasteiger partial charge >= 0.3 is 6.09 Å². The highest BCUT2D eigenvalue weighted by Gasteiger charge is 2.35. The molecule has 2 N–H and O–H groups in total. The van der Waals surface area contributed by atoms with E-state index in [0.717, 1.165) is 11.1 Å². The van der Waals surface area contributed by atoms with Gasteiger partial charge in [-0.25, -0.2) is 4.79 Å². The molecule has 0 atom stereocenters. The average Bonchev–Trinajstić information content (AvgIpc) is 2.57. The molecule has 0 radical (unpaired) electrons. The molecule has 2 rings (SSSR count). The summed E-state index contributed by atoms with van der Waals surface area (Å²) in [7, 11) is 1.51. The van der Waals surface area contributed by atoms with Crippen LogP contribution in [0.3, 0.4) is 0 Å². The number of carbonyl (C=O) groups excluding carboxylic acids is 1. The van der Waals surface area contributed by atoms with Crippen molar-refractivity contribution < 1.29 is 14.6 Å². The lowest BCUT2D eigenvalue weighted by atomic mass is 9.76. The average molecular weight is 285 g/mol. The van der Waals surface area contributed by atoms with Crippen LogP contribution in [0.1, 0.15) is 11.1 Å². The molecule has 2 aromatic rings. The highest BCUT2D eigenvalue weighted by molar-refractivity contribution is 5.66. The third kappa shape index (κ3) is 3.23. The van der Waals surface area contributed by atoms with E-state index >= 15 is 0 Å². The molecule has 1 amide bonds. The first kappa shape index (κ1) is 15.1. The SMILES string of the molecule is CNC(=O)OCC(CO)(c1ccccc1)c1ccccc1. The van der Waals surface area contributed by atoms with Crippen LogP contribution in [0.2, 0.25) is 0 Å². The van der Waals surface area contributed by atoms with Crippen molar-refractivity contribution in [1.82, 2.24) is 5.32 Å². The van der Waals surface area contributed by atoms with Gasteiger partial charge in [-0.3, -0.25) is 0 Å². The highest BCUT2D eigenvalue weighted by atomic mass is 16.5. The number of aliphatic hydroxyl groups is 1. The van der Waals surface area contributed by atoms with E-state index in [9.17, 15) is 9.90 Å². The van der Waals surface area contributed by atoms with Gasteiger partial charge in [-0.1, -0.05) is 60.7 Å². The third-order valence-corrected chi connectivity index (χ3v) is 3.58. The van der Waals surface area contributed by atoms with Crippen molar-refractivity contribution in [3.05, 3.63) is 71.8 Å². The van der Waals surface area contributed by atoms with Gasteiger partial charge in [0.05, 0.1) is 12.0 Å². The van der Waals surface area contributed by atoms with Crippen molar-refractivity contribution in [3.63, 3.8) is 0 Å². The van der Waals surface area contributed by atoms with Gasteiger partial charge in [0.25, 0.3) is 0 Å². The fourth-order valence-electron chi connectivity index (χ4n) is 2.34. The Morgan fingerprint density at radius 2 is 1.52 bits per heavy atom. The van der Waals surface area contributed by atoms with Gasteiger partial charge < -0.3 is 15.2 Å². The summed E-state index contributed by atoms with van der Waals surface area (Å²) in [6, 6.07) is 19.2. The van der Waals surface area contributed by atoms with Gasteiger partial charge in [0.1, 0.15) is 6.61 Å². The number of benzene rings is 2. The van der Waals surface area contributed by atoms with E-state index in [0.29, 0.717) is 0 Å². The van der Waals surface area contributed by atoms with Gasteiger partial charge in [-0.05, 0) is 11.1 Å². The van der Waals surface area contributed by atoms with Crippen LogP contribution in [-0.4, -0.2) is 31.5 Å². The van der Waals surface area contributed by atoms with Crippen LogP contribution in [0.25, 0.3) is 0 Å². The topological polar surface area (TPSA) is 58.6 Å². The summed E-state index contributed by atoms with van der Waals surface area (Å²) in [6.45, 7) is -0.0881. The molecule has 0 aromatic heterocycles. The summed E-state index contributed by atoms with van der Waals surface area (Å²) >= 11 is 0. The number of carbonyl (C=O) groups is 1. The third-order valence-electron chi connectivity index (χ3n) is 3.58. The first-order valence-electron chi connectivity index (χ1n) is 6.79. The Labute approximate surface area is 124 Å². The molecular formula is C17H19NO3. The van der Waals surface area contributed by atoms with E-state index in [-0.39, 0.29) is 13.2 Å². The normalized spacial score (nSPS) is 11.0. The van der Waals surface area contributed by atoms with E-state index < -0.39 is 11.5 Å². The maximum Gasteiger partial charge on any atom is 0.406 e. The number of alkyl carbamates (subject to hydrolysis) is 1. The van der Waals surface area contributed by atoms with Crippen LogP contribution >= 0.6 is 0 Å². The number of aliphatic hydroxyl groups excluding tert-OH is 1. The lowest BCUT2D eigenvalue weighted by molar-refractivity contribution is 0.101. The standard InChI is InChI=1S/C17H19NO3/c1-18-16(20)21-13-17(12-19,14-8-4-2-5-9-14)15-10-6-3-7-11-15/h2-11,19H,12-13H2,1H3,(H,18,20). The van der Waals surface area contributed by atoms with Crippen LogP contribution in [0.15, 0.2) is 60.7 Å². The maximum absolute atomic E-state index is 11.4. The maximum atomic E-state index is 11.4. The van der Waals surface area contributed by atoms with Crippen molar-refractivity contribution in [1.29, 1.82) is 0 Å². The van der Waals surface area contributed by atoms with Crippen molar-refractivity contribution in [2.24, 2.45) is 0 Å². The molecule has 0 aliphatic rings. The fourth-order valence-corrected chi connectivity index (χ4v) is 2.34. The number of ether oxygens (including phenoxy) is 1. The quantitative estimate of drug-likeness (QED) is 0.886. The van der Waals surface area contributed by atoms with Gasteiger partial charge in [-0.2, -0.15) is 0 Å². The Morgan fingerprint density at radius 3 is 1.90 bits per heavy atom. The van der Waals surface area contributed by atoms with Crippen molar-refractivity contribution in [3.8, 4) is 0 Å². The monoisotopic (exact) mass is 285 g/mol. The second-order valence-corrected chi connectivity index (χ2v) is 4.80. The minimum atomic E-state index is -0.769. The molecule has 0 unspecified atom stereocenters. The van der Waals surface area contributed by atoms with E-state index in [1.54, 1.807) is 0 Å². The molecule has 0 fully saturated rings. The Kier molecular flexibility index (Phi) is 4.95. The Morgan fingerprint density at radius 1 is 1.05 bits per heavy atom. The summed E-state index contributed by atoms with van der Waals surface area (Å²) in [6.07, 6.45) is -0.514. The zero-order valence-corrected chi connectivity index (χ0v) is 12.0. The first-order valence-corrected chi connectivity index (χ1v) is 6.79. The molecular weight excluding hydrogens is 266 g/mol. The molecule has 110 valence electrons. The predicted octanol–water partition coefficient (Wildman–Crippen LogP) is 2.32. The summed E-state index contributed by atoms with van der Waals surface area (Å²) in [4.78, 5) is 11.4. The molecule has 0 aliphatic carbocycles. The minimum Gasteiger partial charge on any atom is -0.448 e. The fraction of sp³-hybridized carbons (Fsp3) is 0.235. The smallest absolute Gasteiger partial charge is 0.406 e. The van der Waals surface area contributed by atoms with Crippen LogP contribution in [0.5, 0.6) is 0 Å². The Hall–Kier alpha value is -2.33. The van der Waals surface area contributed by atoms with Crippen LogP contribution in [0.4, 0.5) is 4.79 Å². The summed E-state index contributed by atoms with van der Waals surface area (Å²) < 4.78 is 5.25. The Balaban J connectivity index is 2.44. The summed E-state index contributed by atoms with van der Waals surface area (Å²) in [5.74, 6) is 0. The zero-order chi connectivity index (χ0) is 15.1. The molecule has 0 saturated carbocycles. The zero-order valence-electron chi connectivity index (χ0n) is 12.0. The number of amides is 1. The highest BCUT2D eigenvalue weighted by Crippen LogP contribution is 2.32. The van der Waals surface area contributed by atoms with Crippen molar-refractivity contribution in [2.45, 2.75) is 5.41 Å². The molecule has 4 nitrogen and oxygen atoms in total. The number of hydrogen-bond donors (Lipinski definition) is 2. The van der Waals surface area contributed by atoms with Gasteiger partial charge in [0.15, 0.2) is 0 Å². The van der Waals surface area contributed by atoms with Gasteiger partial charge in [0.2, 0.25) is 0 Å². The van der Waals surface area contributed by atoms with E-state index in [4.69, 9.17) is 4.74 Å². The summed E-state index contributed by atoms with van der Waals surface area (Å²) in [5.41, 5.74) is 1.04. The van der Waals surface area contributed by atoms with Gasteiger partial charge in [-0.15, -0.1) is 0 Å². The molecule has 4 heteroatoms. The molecule has 0 bridgehead atoms. The predicted molar refractivity (Wildman–Crippen MR) is 81.2 cm³/mol. The van der Waals surface area contributed by atoms with Crippen molar-refractivity contribution in [2.75, 3.05) is 20.3 Å². The molecule has 2 aromatic carbocycles. The molecule has 21 heavy (non-hydrogen) atoms. The van der Waals surface area contributed by atoms with Crippen molar-refractivity contribution >= 4 is 6.09 Å². The molecule has 0 heterocycles. The minimum absolute atomic E-state index is 0.0667. The van der Waals surface area contributed by atoms with Crippen LogP contribution < -0.4 is 5.32 Å². The molecule has 0 spiro atoms. The molecule has 0 aliphatic heterocycles. The molecule has 0 saturated heterocycles. The van der Waals surface area contributed by atoms with E-state index in [1.807, 2.05) is 60.7 Å². The van der Waals surface area contributed by atoms with Gasteiger partial charge in [0, 0.05) is 7.05 Å². The number of hydrogen-bond acceptors (Lipinski definition) is 3. The lowest BCUT2D eigenvalue weighted by Crippen LogP contribution is -2.39. The number of rotatable bonds is 5. The lowest BCUT2D eigenvalue weighted by Gasteiger charge is -2.32. The largest absolute Gasteiger partial charge is 0.448 e. The van der Waals surface area contributed by atoms with Crippen LogP contribution in [0, 0.1) is 0 Å². The first-order chi connectivity index (χ1) is 10.2. The van der Waals surface area contributed by atoms with E-state index in [1.165, 1.54) is 7.05 Å². The number of nitrogens with one attached hydrogen (secondary N) is 1. The summed E-state index contributed by atoms with van der Waals surface area (Å²) in [5, 5.41) is 12.5. The second kappa shape index (κ2) is 6.90. The second-order valence-electron chi connectivity index (χ2n) is 4.80. The van der Waals surface area contributed by atoms with Crippen LogP contribution in [-0.2, 0) is 10.2 Å². The van der Waals surface area contributed by atoms with E-state index in [2.05, 4.69) is 5.32 Å². The Bertz CT molecular complexity index is 530.